The van der Waals surface area contributed by atoms with Gasteiger partial charge in [0.05, 0.1) is 11.4 Å². The van der Waals surface area contributed by atoms with Crippen molar-refractivity contribution in [2.75, 3.05) is 0 Å². The highest BCUT2D eigenvalue weighted by Crippen LogP contribution is 2.06. The number of aryl methyl sites for hydroxylation is 2. The summed E-state index contributed by atoms with van der Waals surface area (Å²) in [5.74, 6) is 0. The number of allylic oxidation sites excluding steroid dienone is 2. The van der Waals surface area contributed by atoms with Crippen LogP contribution in [0.5, 0.6) is 0 Å². The highest BCUT2D eigenvalue weighted by molar-refractivity contribution is 6.08. The van der Waals surface area contributed by atoms with Gasteiger partial charge in [-0.25, -0.2) is 4.68 Å². The zero-order valence-corrected chi connectivity index (χ0v) is 12.0. The van der Waals surface area contributed by atoms with Crippen molar-refractivity contribution in [2.24, 2.45) is 10.7 Å². The molecule has 0 spiro atoms. The SMILES string of the molecule is C/C(N)=C\C(=NCn1nc(C)cc1C)c1cccnc1. The van der Waals surface area contributed by atoms with E-state index < -0.39 is 0 Å². The lowest BCUT2D eigenvalue weighted by Crippen LogP contribution is -2.07. The van der Waals surface area contributed by atoms with Crippen molar-refractivity contribution in [1.29, 1.82) is 0 Å². The minimum absolute atomic E-state index is 0.466. The van der Waals surface area contributed by atoms with E-state index >= 15 is 0 Å². The Hall–Kier alpha value is -2.43. The summed E-state index contributed by atoms with van der Waals surface area (Å²) in [6.07, 6.45) is 5.36. The Morgan fingerprint density at radius 3 is 2.80 bits per heavy atom. The molecule has 0 saturated carbocycles. The maximum absolute atomic E-state index is 5.77. The predicted molar refractivity (Wildman–Crippen MR) is 80.4 cm³/mol. The second kappa shape index (κ2) is 6.14. The minimum atomic E-state index is 0.466. The quantitative estimate of drug-likeness (QED) is 0.865. The van der Waals surface area contributed by atoms with Gasteiger partial charge in [-0.15, -0.1) is 0 Å². The molecule has 5 heteroatoms. The maximum atomic E-state index is 5.77. The van der Waals surface area contributed by atoms with Crippen molar-refractivity contribution in [3.05, 3.63) is 59.3 Å². The number of aromatic nitrogens is 3. The number of nitrogens with two attached hydrogens (primary N) is 1. The summed E-state index contributed by atoms with van der Waals surface area (Å²) >= 11 is 0. The second-order valence-corrected chi connectivity index (χ2v) is 4.74. The molecule has 2 aromatic heterocycles. The first-order valence-corrected chi connectivity index (χ1v) is 6.46. The Kier molecular flexibility index (Phi) is 4.30. The van der Waals surface area contributed by atoms with Crippen LogP contribution >= 0.6 is 0 Å². The lowest BCUT2D eigenvalue weighted by atomic mass is 10.1. The Morgan fingerprint density at radius 1 is 1.45 bits per heavy atom. The molecular formula is C15H19N5. The van der Waals surface area contributed by atoms with Crippen molar-refractivity contribution < 1.29 is 0 Å². The topological polar surface area (TPSA) is 69.1 Å². The van der Waals surface area contributed by atoms with Crippen molar-refractivity contribution >= 4 is 5.71 Å². The Morgan fingerprint density at radius 2 is 2.25 bits per heavy atom. The Bertz CT molecular complexity index is 634. The highest BCUT2D eigenvalue weighted by Gasteiger charge is 2.03. The first-order chi connectivity index (χ1) is 9.56. The van der Waals surface area contributed by atoms with Gasteiger partial charge in [-0.1, -0.05) is 0 Å². The third-order valence-electron chi connectivity index (χ3n) is 2.80. The average Bonchev–Trinajstić information content (AvgIpc) is 2.73. The molecule has 0 aliphatic heterocycles. The number of rotatable bonds is 4. The fourth-order valence-corrected chi connectivity index (χ4v) is 1.91. The molecule has 0 aliphatic rings. The molecule has 0 unspecified atom stereocenters. The molecule has 104 valence electrons. The largest absolute Gasteiger partial charge is 0.402 e. The zero-order chi connectivity index (χ0) is 14.5. The molecule has 2 heterocycles. The summed E-state index contributed by atoms with van der Waals surface area (Å²) in [6.45, 7) is 6.30. The average molecular weight is 269 g/mol. The molecular weight excluding hydrogens is 250 g/mol. The molecule has 0 aromatic carbocycles. The molecule has 0 aliphatic carbocycles. The van der Waals surface area contributed by atoms with E-state index in [4.69, 9.17) is 5.73 Å². The van der Waals surface area contributed by atoms with Gasteiger partial charge in [0.2, 0.25) is 0 Å². The van der Waals surface area contributed by atoms with E-state index in [0.29, 0.717) is 12.4 Å². The predicted octanol–water partition coefficient (Wildman–Crippen LogP) is 2.20. The smallest absolute Gasteiger partial charge is 0.132 e. The molecule has 2 rings (SSSR count). The van der Waals surface area contributed by atoms with E-state index in [2.05, 4.69) is 15.1 Å². The van der Waals surface area contributed by atoms with E-state index in [1.807, 2.05) is 49.7 Å². The lowest BCUT2D eigenvalue weighted by Gasteiger charge is -2.04. The first kappa shape index (κ1) is 14.0. The molecule has 2 aromatic rings. The standard InChI is InChI=1S/C15H19N5/c1-11(16)7-15(14-5-4-6-17-9-14)18-10-20-13(3)8-12(2)19-20/h4-9H,10,16H2,1-3H3/b11-7+,18-15?. The second-order valence-electron chi connectivity index (χ2n) is 4.74. The fraction of sp³-hybridized carbons (Fsp3) is 0.267. The number of hydrogen-bond acceptors (Lipinski definition) is 4. The minimum Gasteiger partial charge on any atom is -0.402 e. The van der Waals surface area contributed by atoms with E-state index in [1.165, 1.54) is 0 Å². The van der Waals surface area contributed by atoms with Gasteiger partial charge in [0.15, 0.2) is 0 Å². The van der Waals surface area contributed by atoms with Crippen molar-refractivity contribution in [3.8, 4) is 0 Å². The van der Waals surface area contributed by atoms with E-state index in [9.17, 15) is 0 Å². The van der Waals surface area contributed by atoms with Gasteiger partial charge in [-0.2, -0.15) is 5.10 Å². The summed E-state index contributed by atoms with van der Waals surface area (Å²) in [7, 11) is 0. The molecule has 2 N–H and O–H groups in total. The lowest BCUT2D eigenvalue weighted by molar-refractivity contribution is 0.617. The van der Waals surface area contributed by atoms with Crippen LogP contribution in [-0.2, 0) is 6.67 Å². The molecule has 0 bridgehead atoms. The molecule has 5 nitrogen and oxygen atoms in total. The normalized spacial score (nSPS) is 12.8. The van der Waals surface area contributed by atoms with Crippen LogP contribution in [0.3, 0.4) is 0 Å². The van der Waals surface area contributed by atoms with Crippen molar-refractivity contribution in [1.82, 2.24) is 14.8 Å². The van der Waals surface area contributed by atoms with Gasteiger partial charge in [0.1, 0.15) is 6.67 Å². The van der Waals surface area contributed by atoms with Crippen LogP contribution in [-0.4, -0.2) is 20.5 Å². The summed E-state index contributed by atoms with van der Waals surface area (Å²) in [5, 5.41) is 4.40. The molecule has 0 radical (unpaired) electrons. The van der Waals surface area contributed by atoms with Gasteiger partial charge < -0.3 is 5.73 Å². The molecule has 0 atom stereocenters. The number of pyridine rings is 1. The van der Waals surface area contributed by atoms with Crippen LogP contribution in [0.15, 0.2) is 47.4 Å². The monoisotopic (exact) mass is 269 g/mol. The first-order valence-electron chi connectivity index (χ1n) is 6.46. The van der Waals surface area contributed by atoms with Crippen LogP contribution in [0.25, 0.3) is 0 Å². The maximum Gasteiger partial charge on any atom is 0.132 e. The van der Waals surface area contributed by atoms with Crippen LogP contribution in [0.2, 0.25) is 0 Å². The van der Waals surface area contributed by atoms with Crippen LogP contribution < -0.4 is 5.73 Å². The van der Waals surface area contributed by atoms with Gasteiger partial charge in [0, 0.05) is 29.3 Å². The van der Waals surface area contributed by atoms with Gasteiger partial charge >= 0.3 is 0 Å². The van der Waals surface area contributed by atoms with Gasteiger partial charge in [-0.05, 0) is 45.0 Å². The number of hydrogen-bond donors (Lipinski definition) is 1. The van der Waals surface area contributed by atoms with Gasteiger partial charge in [0.25, 0.3) is 0 Å². The molecule has 20 heavy (non-hydrogen) atoms. The fourth-order valence-electron chi connectivity index (χ4n) is 1.91. The van der Waals surface area contributed by atoms with Crippen molar-refractivity contribution in [2.45, 2.75) is 27.4 Å². The molecule has 0 saturated heterocycles. The van der Waals surface area contributed by atoms with E-state index in [1.54, 1.807) is 12.4 Å². The highest BCUT2D eigenvalue weighted by atomic mass is 15.3. The van der Waals surface area contributed by atoms with Crippen LogP contribution in [0.1, 0.15) is 23.9 Å². The van der Waals surface area contributed by atoms with E-state index in [-0.39, 0.29) is 0 Å². The Balaban J connectivity index is 2.30. The number of nitrogens with zero attached hydrogens (tertiary/aromatic N) is 4. The van der Waals surface area contributed by atoms with Crippen LogP contribution in [0, 0.1) is 13.8 Å². The van der Waals surface area contributed by atoms with Gasteiger partial charge in [-0.3, -0.25) is 9.98 Å². The molecule has 0 amide bonds. The summed E-state index contributed by atoms with van der Waals surface area (Å²) in [5.41, 5.74) is 10.3. The molecule has 0 fully saturated rings. The summed E-state index contributed by atoms with van der Waals surface area (Å²) in [6, 6.07) is 5.88. The number of aliphatic imine (C=N–C) groups is 1. The van der Waals surface area contributed by atoms with Crippen molar-refractivity contribution in [3.63, 3.8) is 0 Å². The summed E-state index contributed by atoms with van der Waals surface area (Å²) in [4.78, 5) is 8.72. The van der Waals surface area contributed by atoms with E-state index in [0.717, 1.165) is 22.7 Å². The van der Waals surface area contributed by atoms with Crippen LogP contribution in [0.4, 0.5) is 0 Å². The third-order valence-corrected chi connectivity index (χ3v) is 2.80. The Labute approximate surface area is 118 Å². The third kappa shape index (κ3) is 3.54. The zero-order valence-electron chi connectivity index (χ0n) is 12.0. The summed E-state index contributed by atoms with van der Waals surface area (Å²) < 4.78 is 1.87.